The molecule has 0 unspecified atom stereocenters. The number of pyridine rings is 1. The highest BCUT2D eigenvalue weighted by molar-refractivity contribution is 6.36. The summed E-state index contributed by atoms with van der Waals surface area (Å²) in [6, 6.07) is 14.1. The molecule has 0 aliphatic carbocycles. The largest absolute Gasteiger partial charge is 0.325 e. The molecule has 128 valence electrons. The van der Waals surface area contributed by atoms with Crippen molar-refractivity contribution in [2.75, 3.05) is 5.32 Å². The predicted molar refractivity (Wildman–Crippen MR) is 103 cm³/mol. The van der Waals surface area contributed by atoms with Crippen molar-refractivity contribution in [2.24, 2.45) is 0 Å². The lowest BCUT2D eigenvalue weighted by molar-refractivity contribution is -0.116. The summed E-state index contributed by atoms with van der Waals surface area (Å²) in [5.74, 6) is -0.222. The lowest BCUT2D eigenvalue weighted by atomic mass is 10.1. The van der Waals surface area contributed by atoms with E-state index >= 15 is 0 Å². The van der Waals surface area contributed by atoms with Gasteiger partial charge in [0.2, 0.25) is 5.91 Å². The second kappa shape index (κ2) is 7.30. The molecule has 0 aliphatic rings. The number of hydrogen-bond acceptors (Lipinski definition) is 2. The van der Waals surface area contributed by atoms with Crippen LogP contribution in [0.15, 0.2) is 53.3 Å². The zero-order valence-corrected chi connectivity index (χ0v) is 15.1. The van der Waals surface area contributed by atoms with E-state index in [0.29, 0.717) is 15.7 Å². The van der Waals surface area contributed by atoms with Crippen LogP contribution in [-0.4, -0.2) is 10.5 Å². The SMILES string of the molecule is Cc1cc(=O)n(CCC(=O)Nc2ccc(Cl)cc2Cl)c2ccccc12. The minimum Gasteiger partial charge on any atom is -0.325 e. The smallest absolute Gasteiger partial charge is 0.251 e. The van der Waals surface area contributed by atoms with Gasteiger partial charge in [-0.2, -0.15) is 0 Å². The molecule has 1 aromatic heterocycles. The Kier molecular flexibility index (Phi) is 5.11. The first-order valence-electron chi connectivity index (χ1n) is 7.80. The topological polar surface area (TPSA) is 51.1 Å². The molecule has 1 heterocycles. The number of nitrogens with zero attached hydrogens (tertiary/aromatic N) is 1. The molecule has 0 atom stereocenters. The molecule has 0 spiro atoms. The van der Waals surface area contributed by atoms with Gasteiger partial charge in [-0.3, -0.25) is 9.59 Å². The Labute approximate surface area is 155 Å². The van der Waals surface area contributed by atoms with Crippen LogP contribution in [0.5, 0.6) is 0 Å². The van der Waals surface area contributed by atoms with Gasteiger partial charge in [0.25, 0.3) is 5.56 Å². The fraction of sp³-hybridized carbons (Fsp3) is 0.158. The average Bonchev–Trinajstić information content (AvgIpc) is 2.57. The first-order valence-corrected chi connectivity index (χ1v) is 8.55. The van der Waals surface area contributed by atoms with Gasteiger partial charge in [0.05, 0.1) is 16.2 Å². The molecule has 0 saturated heterocycles. The molecular weight excluding hydrogens is 359 g/mol. The Morgan fingerprint density at radius 3 is 2.64 bits per heavy atom. The lowest BCUT2D eigenvalue weighted by Gasteiger charge is -2.12. The van der Waals surface area contributed by atoms with E-state index < -0.39 is 0 Å². The van der Waals surface area contributed by atoms with Crippen molar-refractivity contribution in [2.45, 2.75) is 19.9 Å². The fourth-order valence-corrected chi connectivity index (χ4v) is 3.21. The van der Waals surface area contributed by atoms with Crippen LogP contribution < -0.4 is 10.9 Å². The van der Waals surface area contributed by atoms with Gasteiger partial charge in [-0.25, -0.2) is 0 Å². The van der Waals surface area contributed by atoms with E-state index in [4.69, 9.17) is 23.2 Å². The van der Waals surface area contributed by atoms with Crippen molar-refractivity contribution in [1.29, 1.82) is 0 Å². The monoisotopic (exact) mass is 374 g/mol. The summed E-state index contributed by atoms with van der Waals surface area (Å²) < 4.78 is 1.62. The Morgan fingerprint density at radius 1 is 1.12 bits per heavy atom. The number of para-hydroxylation sites is 1. The van der Waals surface area contributed by atoms with Crippen LogP contribution in [0.2, 0.25) is 10.0 Å². The van der Waals surface area contributed by atoms with Gasteiger partial charge in [-0.05, 0) is 36.8 Å². The first kappa shape index (κ1) is 17.5. The van der Waals surface area contributed by atoms with Gasteiger partial charge < -0.3 is 9.88 Å². The number of anilines is 1. The number of nitrogens with one attached hydrogen (secondary N) is 1. The third-order valence-corrected chi connectivity index (χ3v) is 4.54. The van der Waals surface area contributed by atoms with Crippen LogP contribution in [-0.2, 0) is 11.3 Å². The molecule has 0 bridgehead atoms. The number of carbonyl (C=O) groups excluding carboxylic acids is 1. The van der Waals surface area contributed by atoms with Crippen molar-refractivity contribution >= 4 is 45.7 Å². The molecule has 3 rings (SSSR count). The molecule has 4 nitrogen and oxygen atoms in total. The molecule has 25 heavy (non-hydrogen) atoms. The number of halogens is 2. The number of fused-ring (bicyclic) bond motifs is 1. The molecule has 0 fully saturated rings. The molecule has 6 heteroatoms. The number of hydrogen-bond donors (Lipinski definition) is 1. The van der Waals surface area contributed by atoms with E-state index in [1.807, 2.05) is 31.2 Å². The summed E-state index contributed by atoms with van der Waals surface area (Å²) in [6.07, 6.45) is 0.159. The van der Waals surface area contributed by atoms with Gasteiger partial charge in [0.15, 0.2) is 0 Å². The van der Waals surface area contributed by atoms with Crippen LogP contribution in [0.1, 0.15) is 12.0 Å². The van der Waals surface area contributed by atoms with Crippen molar-refractivity contribution < 1.29 is 4.79 Å². The van der Waals surface area contributed by atoms with E-state index in [-0.39, 0.29) is 24.4 Å². The highest BCUT2D eigenvalue weighted by atomic mass is 35.5. The van der Waals surface area contributed by atoms with E-state index in [1.54, 1.807) is 28.8 Å². The Balaban J connectivity index is 1.79. The fourth-order valence-electron chi connectivity index (χ4n) is 2.75. The summed E-state index contributed by atoms with van der Waals surface area (Å²) >= 11 is 11.9. The predicted octanol–water partition coefficient (Wildman–Crippen LogP) is 4.65. The first-order chi connectivity index (χ1) is 12.0. The third-order valence-electron chi connectivity index (χ3n) is 3.99. The lowest BCUT2D eigenvalue weighted by Crippen LogP contribution is -2.23. The highest BCUT2D eigenvalue weighted by Gasteiger charge is 2.10. The Hall–Kier alpha value is -2.30. The summed E-state index contributed by atoms with van der Waals surface area (Å²) in [5, 5.41) is 4.62. The molecule has 3 aromatic rings. The average molecular weight is 375 g/mol. The maximum atomic E-state index is 12.3. The summed E-state index contributed by atoms with van der Waals surface area (Å²) in [6.45, 7) is 2.19. The quantitative estimate of drug-likeness (QED) is 0.722. The second-order valence-corrected chi connectivity index (χ2v) is 6.60. The number of carbonyl (C=O) groups is 1. The van der Waals surface area contributed by atoms with Crippen LogP contribution >= 0.6 is 23.2 Å². The maximum Gasteiger partial charge on any atom is 0.251 e. The van der Waals surface area contributed by atoms with Crippen LogP contribution in [0.3, 0.4) is 0 Å². The van der Waals surface area contributed by atoms with Gasteiger partial charge in [0, 0.05) is 29.4 Å². The van der Waals surface area contributed by atoms with Crippen molar-refractivity contribution in [3.8, 4) is 0 Å². The zero-order valence-electron chi connectivity index (χ0n) is 13.6. The molecule has 1 amide bonds. The third kappa shape index (κ3) is 3.86. The normalized spacial score (nSPS) is 10.8. The van der Waals surface area contributed by atoms with E-state index in [2.05, 4.69) is 5.32 Å². The van der Waals surface area contributed by atoms with Crippen molar-refractivity contribution in [3.05, 3.63) is 74.5 Å². The number of amides is 1. The molecular formula is C19H16Cl2N2O2. The molecule has 0 aliphatic heterocycles. The zero-order chi connectivity index (χ0) is 18.0. The molecule has 0 saturated carbocycles. The summed E-state index contributed by atoms with van der Waals surface area (Å²) in [7, 11) is 0. The Morgan fingerprint density at radius 2 is 1.88 bits per heavy atom. The number of rotatable bonds is 4. The second-order valence-electron chi connectivity index (χ2n) is 5.76. The van der Waals surface area contributed by atoms with E-state index in [1.165, 1.54) is 0 Å². The van der Waals surface area contributed by atoms with Crippen molar-refractivity contribution in [1.82, 2.24) is 4.57 Å². The number of aryl methyl sites for hydroxylation is 2. The van der Waals surface area contributed by atoms with E-state index in [9.17, 15) is 9.59 Å². The number of aromatic nitrogens is 1. The minimum atomic E-state index is -0.222. The van der Waals surface area contributed by atoms with Gasteiger partial charge in [0.1, 0.15) is 0 Å². The number of benzene rings is 2. The Bertz CT molecular complexity index is 1010. The summed E-state index contributed by atoms with van der Waals surface area (Å²) in [4.78, 5) is 24.5. The van der Waals surface area contributed by atoms with Crippen LogP contribution in [0.25, 0.3) is 10.9 Å². The minimum absolute atomic E-state index is 0.117. The highest BCUT2D eigenvalue weighted by Crippen LogP contribution is 2.25. The standard InChI is InChI=1S/C19H16Cl2N2O2/c1-12-10-19(25)23(17-5-3-2-4-14(12)17)9-8-18(24)22-16-7-6-13(20)11-15(16)21/h2-7,10-11H,8-9H2,1H3,(H,22,24). The molecule has 1 N–H and O–H groups in total. The maximum absolute atomic E-state index is 12.3. The van der Waals surface area contributed by atoms with Crippen LogP contribution in [0.4, 0.5) is 5.69 Å². The van der Waals surface area contributed by atoms with Gasteiger partial charge in [-0.15, -0.1) is 0 Å². The van der Waals surface area contributed by atoms with Crippen molar-refractivity contribution in [3.63, 3.8) is 0 Å². The van der Waals surface area contributed by atoms with Gasteiger partial charge >= 0.3 is 0 Å². The van der Waals surface area contributed by atoms with Gasteiger partial charge in [-0.1, -0.05) is 41.4 Å². The van der Waals surface area contributed by atoms with E-state index in [0.717, 1.165) is 16.5 Å². The van der Waals surface area contributed by atoms with Crippen LogP contribution in [0, 0.1) is 6.92 Å². The molecule has 2 aromatic carbocycles. The molecule has 0 radical (unpaired) electrons. The summed E-state index contributed by atoms with van der Waals surface area (Å²) in [5.41, 5.74) is 2.13.